The monoisotopic (exact) mass is 248 g/mol. The zero-order valence-corrected chi connectivity index (χ0v) is 10.3. The molecule has 1 atom stereocenters. The van der Waals surface area contributed by atoms with Crippen molar-refractivity contribution in [1.29, 1.82) is 0 Å². The van der Waals surface area contributed by atoms with Crippen LogP contribution in [0, 0.1) is 0 Å². The predicted molar refractivity (Wildman–Crippen MR) is 65.7 cm³/mol. The lowest BCUT2D eigenvalue weighted by atomic mass is 10.1. The van der Waals surface area contributed by atoms with Crippen LogP contribution in [0.25, 0.3) is 0 Å². The molecule has 1 amide bonds. The Labute approximate surface area is 106 Å². The molecule has 96 valence electrons. The molecule has 5 heteroatoms. The minimum absolute atomic E-state index is 0.288. The van der Waals surface area contributed by atoms with E-state index in [9.17, 15) is 9.59 Å². The van der Waals surface area contributed by atoms with Crippen molar-refractivity contribution >= 4 is 11.9 Å². The molecule has 0 aromatic heterocycles. The summed E-state index contributed by atoms with van der Waals surface area (Å²) in [7, 11) is 1.30. The van der Waals surface area contributed by atoms with Crippen LogP contribution in [-0.4, -0.2) is 43.0 Å². The molecular weight excluding hydrogens is 232 g/mol. The molecule has 0 bridgehead atoms. The maximum absolute atomic E-state index is 11.7. The summed E-state index contributed by atoms with van der Waals surface area (Å²) < 4.78 is 4.69. The van der Waals surface area contributed by atoms with Gasteiger partial charge in [0.05, 0.1) is 7.11 Å². The number of rotatable bonds is 3. The number of amides is 1. The van der Waals surface area contributed by atoms with E-state index in [1.54, 1.807) is 0 Å². The molecule has 18 heavy (non-hydrogen) atoms. The number of nitrogens with one attached hydrogen (secondary N) is 1. The first-order valence-electron chi connectivity index (χ1n) is 5.86. The molecule has 1 heterocycles. The van der Waals surface area contributed by atoms with Gasteiger partial charge in [-0.3, -0.25) is 9.69 Å². The number of ether oxygens (including phenoxy) is 1. The van der Waals surface area contributed by atoms with Gasteiger partial charge >= 0.3 is 5.97 Å². The number of methoxy groups -OCH3 is 1. The van der Waals surface area contributed by atoms with Crippen LogP contribution in [0.4, 0.5) is 0 Å². The Hall–Kier alpha value is -1.88. The number of carbonyl (C=O) groups excluding carboxylic acids is 2. The van der Waals surface area contributed by atoms with Crippen molar-refractivity contribution in [3.8, 4) is 0 Å². The zero-order valence-electron chi connectivity index (χ0n) is 10.3. The third-order valence-electron chi connectivity index (χ3n) is 2.96. The van der Waals surface area contributed by atoms with Gasteiger partial charge in [0.2, 0.25) is 5.91 Å². The minimum Gasteiger partial charge on any atom is -0.467 e. The molecule has 1 aromatic carbocycles. The van der Waals surface area contributed by atoms with Gasteiger partial charge in [0.1, 0.15) is 0 Å². The van der Waals surface area contributed by atoms with Crippen molar-refractivity contribution in [2.75, 3.05) is 20.2 Å². The van der Waals surface area contributed by atoms with Crippen LogP contribution < -0.4 is 5.32 Å². The number of nitrogens with zero attached hydrogens (tertiary/aromatic N) is 1. The Morgan fingerprint density at radius 1 is 1.44 bits per heavy atom. The van der Waals surface area contributed by atoms with Crippen LogP contribution in [0.5, 0.6) is 0 Å². The number of piperazine rings is 1. The van der Waals surface area contributed by atoms with Gasteiger partial charge < -0.3 is 10.1 Å². The highest BCUT2D eigenvalue weighted by Crippen LogP contribution is 2.12. The molecule has 0 spiro atoms. The van der Waals surface area contributed by atoms with E-state index >= 15 is 0 Å². The van der Waals surface area contributed by atoms with Crippen LogP contribution in [-0.2, 0) is 20.9 Å². The van der Waals surface area contributed by atoms with Gasteiger partial charge in [-0.2, -0.15) is 0 Å². The Morgan fingerprint density at radius 3 is 2.83 bits per heavy atom. The van der Waals surface area contributed by atoms with Crippen molar-refractivity contribution in [1.82, 2.24) is 10.2 Å². The predicted octanol–water partition coefficient (Wildman–Crippen LogP) is 0.160. The van der Waals surface area contributed by atoms with E-state index in [-0.39, 0.29) is 5.91 Å². The summed E-state index contributed by atoms with van der Waals surface area (Å²) >= 11 is 0. The van der Waals surface area contributed by atoms with Gasteiger partial charge in [-0.1, -0.05) is 30.3 Å². The van der Waals surface area contributed by atoms with E-state index < -0.39 is 12.0 Å². The summed E-state index contributed by atoms with van der Waals surface area (Å²) in [4.78, 5) is 25.2. The fraction of sp³-hybridized carbons (Fsp3) is 0.385. The van der Waals surface area contributed by atoms with Crippen LogP contribution in [0.15, 0.2) is 30.3 Å². The fourth-order valence-corrected chi connectivity index (χ4v) is 2.07. The molecule has 1 aromatic rings. The first kappa shape index (κ1) is 12.6. The molecule has 1 aliphatic rings. The van der Waals surface area contributed by atoms with Gasteiger partial charge in [0.25, 0.3) is 0 Å². The largest absolute Gasteiger partial charge is 0.467 e. The highest BCUT2D eigenvalue weighted by Gasteiger charge is 2.36. The Kier molecular flexibility index (Phi) is 3.94. The molecule has 2 rings (SSSR count). The van der Waals surface area contributed by atoms with Gasteiger partial charge in [0, 0.05) is 19.6 Å². The number of hydrogen-bond donors (Lipinski definition) is 1. The van der Waals surface area contributed by atoms with Crippen LogP contribution >= 0.6 is 0 Å². The average Bonchev–Trinajstić information content (AvgIpc) is 2.39. The Morgan fingerprint density at radius 2 is 2.17 bits per heavy atom. The van der Waals surface area contributed by atoms with Crippen LogP contribution in [0.1, 0.15) is 5.56 Å². The van der Waals surface area contributed by atoms with Crippen molar-refractivity contribution in [3.63, 3.8) is 0 Å². The van der Waals surface area contributed by atoms with Crippen molar-refractivity contribution in [2.24, 2.45) is 0 Å². The second-order valence-electron chi connectivity index (χ2n) is 4.17. The minimum atomic E-state index is -0.844. The highest BCUT2D eigenvalue weighted by molar-refractivity contribution is 6.02. The third-order valence-corrected chi connectivity index (χ3v) is 2.96. The Bertz CT molecular complexity index is 425. The van der Waals surface area contributed by atoms with E-state index in [1.807, 2.05) is 35.2 Å². The molecule has 1 aliphatic heterocycles. The summed E-state index contributed by atoms with van der Waals surface area (Å²) in [6.45, 7) is 1.76. The summed E-state index contributed by atoms with van der Waals surface area (Å²) in [5.74, 6) is -0.799. The molecule has 0 saturated carbocycles. The quantitative estimate of drug-likeness (QED) is 0.611. The molecule has 1 N–H and O–H groups in total. The number of benzene rings is 1. The fourth-order valence-electron chi connectivity index (χ4n) is 2.07. The number of carbonyl (C=O) groups is 2. The third kappa shape index (κ3) is 2.68. The highest BCUT2D eigenvalue weighted by atomic mass is 16.5. The normalized spacial score (nSPS) is 20.3. The first-order valence-corrected chi connectivity index (χ1v) is 5.86. The maximum atomic E-state index is 11.7. The number of esters is 1. The second kappa shape index (κ2) is 5.64. The van der Waals surface area contributed by atoms with Crippen molar-refractivity contribution < 1.29 is 14.3 Å². The lowest BCUT2D eigenvalue weighted by molar-refractivity contribution is -0.153. The Balaban J connectivity index is 2.13. The molecule has 0 unspecified atom stereocenters. The van der Waals surface area contributed by atoms with Gasteiger partial charge in [-0.15, -0.1) is 0 Å². The first-order chi connectivity index (χ1) is 8.72. The average molecular weight is 248 g/mol. The molecule has 0 aliphatic carbocycles. The van der Waals surface area contributed by atoms with E-state index in [4.69, 9.17) is 0 Å². The van der Waals surface area contributed by atoms with Crippen molar-refractivity contribution in [3.05, 3.63) is 35.9 Å². The molecular formula is C13H16N2O3. The zero-order chi connectivity index (χ0) is 13.0. The van der Waals surface area contributed by atoms with Crippen molar-refractivity contribution in [2.45, 2.75) is 12.6 Å². The van der Waals surface area contributed by atoms with E-state index in [0.717, 1.165) is 5.56 Å². The summed E-state index contributed by atoms with van der Waals surface area (Å²) in [6.07, 6.45) is 0. The smallest absolute Gasteiger partial charge is 0.332 e. The maximum Gasteiger partial charge on any atom is 0.332 e. The summed E-state index contributed by atoms with van der Waals surface area (Å²) in [6, 6.07) is 8.91. The number of hydrogen-bond acceptors (Lipinski definition) is 4. The lowest BCUT2D eigenvalue weighted by Crippen LogP contribution is -2.58. The van der Waals surface area contributed by atoms with E-state index in [0.29, 0.717) is 19.6 Å². The van der Waals surface area contributed by atoms with Crippen LogP contribution in [0.2, 0.25) is 0 Å². The van der Waals surface area contributed by atoms with E-state index in [1.165, 1.54) is 7.11 Å². The van der Waals surface area contributed by atoms with Gasteiger partial charge in [0.15, 0.2) is 6.04 Å². The molecule has 1 fully saturated rings. The summed E-state index contributed by atoms with van der Waals surface area (Å²) in [5.41, 5.74) is 1.07. The van der Waals surface area contributed by atoms with Gasteiger partial charge in [-0.25, -0.2) is 4.79 Å². The molecule has 0 radical (unpaired) electrons. The molecule has 1 saturated heterocycles. The van der Waals surface area contributed by atoms with Crippen LogP contribution in [0.3, 0.4) is 0 Å². The van der Waals surface area contributed by atoms with E-state index in [2.05, 4.69) is 10.1 Å². The lowest BCUT2D eigenvalue weighted by Gasteiger charge is -2.33. The standard InChI is InChI=1S/C13H16N2O3/c1-18-13(17)11-12(16)14-7-8-15(11)9-10-5-3-2-4-6-10/h2-6,11H,7-9H2,1H3,(H,14,16)/t11-/m1/s1. The second-order valence-corrected chi connectivity index (χ2v) is 4.17. The summed E-state index contributed by atoms with van der Waals surface area (Å²) in [5, 5.41) is 2.68. The SMILES string of the molecule is COC(=O)[C@H]1C(=O)NCCN1Cc1ccccc1. The topological polar surface area (TPSA) is 58.6 Å². The molecule has 5 nitrogen and oxygen atoms in total. The van der Waals surface area contributed by atoms with Gasteiger partial charge in [-0.05, 0) is 5.56 Å².